The molecule has 0 unspecified atom stereocenters. The second-order valence-electron chi connectivity index (χ2n) is 6.26. The molecule has 2 aromatic rings. The maximum absolute atomic E-state index is 12.9. The van der Waals surface area contributed by atoms with Crippen LogP contribution < -0.4 is 14.8 Å². The average Bonchev–Trinajstić information content (AvgIpc) is 2.68. The molecule has 28 heavy (non-hydrogen) atoms. The van der Waals surface area contributed by atoms with Crippen molar-refractivity contribution in [2.75, 3.05) is 13.2 Å². The van der Waals surface area contributed by atoms with Gasteiger partial charge in [-0.25, -0.2) is 8.42 Å². The van der Waals surface area contributed by atoms with Crippen LogP contribution in [0.25, 0.3) is 0 Å². The topological polar surface area (TPSA) is 84.5 Å². The fraction of sp³-hybridized carbons (Fsp3) is 0.286. The summed E-state index contributed by atoms with van der Waals surface area (Å²) in [6.07, 6.45) is 1.78. The number of nitrogens with one attached hydrogen (secondary N) is 2. The Morgan fingerprint density at radius 2 is 1.93 bits per heavy atom. The van der Waals surface area contributed by atoms with Crippen LogP contribution in [0.1, 0.15) is 18.1 Å². The number of carbonyl (C=O) groups excluding carboxylic acids is 1. The molecule has 0 bridgehead atoms. The summed E-state index contributed by atoms with van der Waals surface area (Å²) in [6.45, 7) is 7.96. The highest BCUT2D eigenvalue weighted by Gasteiger charge is 2.26. The van der Waals surface area contributed by atoms with Crippen molar-refractivity contribution in [2.24, 2.45) is 0 Å². The molecule has 2 N–H and O–H groups in total. The Hall–Kier alpha value is -2.64. The predicted octanol–water partition coefficient (Wildman–Crippen LogP) is 2.59. The highest BCUT2D eigenvalue weighted by molar-refractivity contribution is 7.89. The highest BCUT2D eigenvalue weighted by atomic mass is 32.2. The van der Waals surface area contributed by atoms with E-state index in [0.717, 1.165) is 5.56 Å². The molecule has 0 aliphatic heterocycles. The number of sulfonamides is 1. The molecule has 1 amide bonds. The monoisotopic (exact) mass is 402 g/mol. The SMILES string of the molecule is C=CCNC(=O)[C@H](Cc1ccccc1)NS(=O)(=O)c1ccc(OCC)c(C)c1. The second kappa shape index (κ2) is 10.1. The van der Waals surface area contributed by atoms with Gasteiger partial charge >= 0.3 is 0 Å². The molecular formula is C21H26N2O4S. The summed E-state index contributed by atoms with van der Waals surface area (Å²) in [4.78, 5) is 12.6. The third-order valence-corrected chi connectivity index (χ3v) is 5.54. The minimum absolute atomic E-state index is 0.0861. The van der Waals surface area contributed by atoms with Crippen LogP contribution in [0.15, 0.2) is 66.1 Å². The Morgan fingerprint density at radius 1 is 1.21 bits per heavy atom. The lowest BCUT2D eigenvalue weighted by Crippen LogP contribution is -2.48. The van der Waals surface area contributed by atoms with Crippen molar-refractivity contribution in [3.8, 4) is 5.75 Å². The normalized spacial score (nSPS) is 12.2. The van der Waals surface area contributed by atoms with E-state index in [2.05, 4.69) is 16.6 Å². The molecule has 0 aliphatic rings. The van der Waals surface area contributed by atoms with Crippen molar-refractivity contribution in [2.45, 2.75) is 31.2 Å². The molecule has 150 valence electrons. The summed E-state index contributed by atoms with van der Waals surface area (Å²) in [7, 11) is -3.90. The highest BCUT2D eigenvalue weighted by Crippen LogP contribution is 2.22. The number of hydrogen-bond acceptors (Lipinski definition) is 4. The van der Waals surface area contributed by atoms with Crippen LogP contribution in [0.5, 0.6) is 5.75 Å². The zero-order valence-corrected chi connectivity index (χ0v) is 17.0. The van der Waals surface area contributed by atoms with Crippen molar-refractivity contribution >= 4 is 15.9 Å². The Kier molecular flexibility index (Phi) is 7.78. The minimum atomic E-state index is -3.90. The molecule has 0 saturated heterocycles. The van der Waals surface area contributed by atoms with Crippen LogP contribution in [0.4, 0.5) is 0 Å². The van der Waals surface area contributed by atoms with Crippen molar-refractivity contribution in [3.05, 3.63) is 72.3 Å². The Balaban J connectivity index is 2.26. The molecule has 7 heteroatoms. The Morgan fingerprint density at radius 3 is 2.54 bits per heavy atom. The van der Waals surface area contributed by atoms with Gasteiger partial charge in [-0.2, -0.15) is 4.72 Å². The molecule has 0 spiro atoms. The molecule has 6 nitrogen and oxygen atoms in total. The fourth-order valence-corrected chi connectivity index (χ4v) is 3.98. The van der Waals surface area contributed by atoms with Crippen LogP contribution in [0, 0.1) is 6.92 Å². The van der Waals surface area contributed by atoms with Gasteiger partial charge in [0.1, 0.15) is 11.8 Å². The first-order chi connectivity index (χ1) is 13.4. The maximum atomic E-state index is 12.9. The fourth-order valence-electron chi connectivity index (χ4n) is 2.70. The number of benzene rings is 2. The number of hydrogen-bond donors (Lipinski definition) is 2. The van der Waals surface area contributed by atoms with Crippen molar-refractivity contribution < 1.29 is 17.9 Å². The molecule has 0 aliphatic carbocycles. The summed E-state index contributed by atoms with van der Waals surface area (Å²) in [5.41, 5.74) is 1.56. The lowest BCUT2D eigenvalue weighted by atomic mass is 10.1. The Bertz CT molecular complexity index is 911. The van der Waals surface area contributed by atoms with E-state index in [4.69, 9.17) is 4.74 Å². The standard InChI is InChI=1S/C21H26N2O4S/c1-4-13-22-21(24)19(15-17-9-7-6-8-10-17)23-28(25,26)18-11-12-20(27-5-2)16(3)14-18/h4,6-12,14,19,23H,1,5,13,15H2,2-3H3,(H,22,24)/t19-/m0/s1. The van der Waals surface area contributed by atoms with Gasteiger partial charge in [-0.3, -0.25) is 4.79 Å². The van der Waals surface area contributed by atoms with Gasteiger partial charge in [-0.1, -0.05) is 36.4 Å². The number of aryl methyl sites for hydroxylation is 1. The molecule has 1 atom stereocenters. The molecule has 2 rings (SSSR count). The quantitative estimate of drug-likeness (QED) is 0.598. The van der Waals surface area contributed by atoms with E-state index in [-0.39, 0.29) is 17.9 Å². The van der Waals surface area contributed by atoms with E-state index >= 15 is 0 Å². The van der Waals surface area contributed by atoms with Gasteiger partial charge in [0, 0.05) is 6.54 Å². The zero-order chi connectivity index (χ0) is 20.6. The van der Waals surface area contributed by atoms with Gasteiger partial charge in [0.25, 0.3) is 0 Å². The van der Waals surface area contributed by atoms with Gasteiger partial charge < -0.3 is 10.1 Å². The molecule has 0 fully saturated rings. The third kappa shape index (κ3) is 5.94. The maximum Gasteiger partial charge on any atom is 0.241 e. The molecule has 0 heterocycles. The van der Waals surface area contributed by atoms with E-state index < -0.39 is 22.0 Å². The van der Waals surface area contributed by atoms with Crippen LogP contribution in [0.2, 0.25) is 0 Å². The summed E-state index contributed by atoms with van der Waals surface area (Å²) >= 11 is 0. The van der Waals surface area contributed by atoms with E-state index in [0.29, 0.717) is 17.9 Å². The van der Waals surface area contributed by atoms with E-state index in [1.165, 1.54) is 12.1 Å². The van der Waals surface area contributed by atoms with Crippen LogP contribution >= 0.6 is 0 Å². The lowest BCUT2D eigenvalue weighted by Gasteiger charge is -2.19. The Labute approximate surface area is 166 Å². The van der Waals surface area contributed by atoms with Gasteiger partial charge in [0.15, 0.2) is 0 Å². The summed E-state index contributed by atoms with van der Waals surface area (Å²) in [5.74, 6) is 0.223. The largest absolute Gasteiger partial charge is 0.494 e. The lowest BCUT2D eigenvalue weighted by molar-refractivity contribution is -0.122. The van der Waals surface area contributed by atoms with Crippen molar-refractivity contribution in [3.63, 3.8) is 0 Å². The van der Waals surface area contributed by atoms with E-state index in [9.17, 15) is 13.2 Å². The van der Waals surface area contributed by atoms with Crippen LogP contribution in [0.3, 0.4) is 0 Å². The van der Waals surface area contributed by atoms with Crippen molar-refractivity contribution in [1.82, 2.24) is 10.0 Å². The molecular weight excluding hydrogens is 376 g/mol. The van der Waals surface area contributed by atoms with Gasteiger partial charge in [0.2, 0.25) is 15.9 Å². The zero-order valence-electron chi connectivity index (χ0n) is 16.1. The van der Waals surface area contributed by atoms with Gasteiger partial charge in [0.05, 0.1) is 11.5 Å². The minimum Gasteiger partial charge on any atom is -0.494 e. The first-order valence-electron chi connectivity index (χ1n) is 9.05. The summed E-state index contributed by atoms with van der Waals surface area (Å²) in [6, 6.07) is 12.9. The number of amides is 1. The first-order valence-corrected chi connectivity index (χ1v) is 10.5. The predicted molar refractivity (Wildman–Crippen MR) is 110 cm³/mol. The van der Waals surface area contributed by atoms with Gasteiger partial charge in [-0.05, 0) is 49.6 Å². The number of carbonyl (C=O) groups is 1. The molecule has 0 aromatic heterocycles. The number of ether oxygens (including phenoxy) is 1. The second-order valence-corrected chi connectivity index (χ2v) is 7.97. The van der Waals surface area contributed by atoms with Crippen LogP contribution in [-0.2, 0) is 21.2 Å². The van der Waals surface area contributed by atoms with Crippen molar-refractivity contribution in [1.29, 1.82) is 0 Å². The van der Waals surface area contributed by atoms with E-state index in [1.54, 1.807) is 19.1 Å². The third-order valence-electron chi connectivity index (χ3n) is 4.07. The van der Waals surface area contributed by atoms with E-state index in [1.807, 2.05) is 37.3 Å². The summed E-state index contributed by atoms with van der Waals surface area (Å²) in [5, 5.41) is 2.66. The molecule has 0 radical (unpaired) electrons. The van der Waals surface area contributed by atoms with Gasteiger partial charge in [-0.15, -0.1) is 6.58 Å². The first kappa shape index (κ1) is 21.7. The smallest absolute Gasteiger partial charge is 0.241 e. The van der Waals surface area contributed by atoms with Crippen LogP contribution in [-0.4, -0.2) is 33.5 Å². The summed E-state index contributed by atoms with van der Waals surface area (Å²) < 4.78 is 33.7. The average molecular weight is 403 g/mol. The molecule has 0 saturated carbocycles. The number of rotatable bonds is 10. The molecule has 2 aromatic carbocycles.